The van der Waals surface area contributed by atoms with Crippen molar-refractivity contribution in [2.45, 2.75) is 53.4 Å². The summed E-state index contributed by atoms with van der Waals surface area (Å²) in [6, 6.07) is 8.91. The third-order valence-electron chi connectivity index (χ3n) is 5.22. The molecule has 6 nitrogen and oxygen atoms in total. The topological polar surface area (TPSA) is 38.5 Å². The molecule has 1 fully saturated rings. The Bertz CT molecular complexity index is 834. The van der Waals surface area contributed by atoms with E-state index in [1.165, 1.54) is 11.1 Å². The van der Waals surface area contributed by atoms with Crippen LogP contribution in [0.25, 0.3) is 0 Å². The van der Waals surface area contributed by atoms with Gasteiger partial charge in [0.05, 0.1) is 19.9 Å². The molecule has 0 atom stereocenters. The van der Waals surface area contributed by atoms with Crippen molar-refractivity contribution < 1.29 is 4.74 Å². The van der Waals surface area contributed by atoms with Gasteiger partial charge >= 0.3 is 0 Å². The fraction of sp³-hybridized carbons (Fsp3) is 0.636. The first kappa shape index (κ1) is 22.0. The van der Waals surface area contributed by atoms with E-state index in [2.05, 4.69) is 73.4 Å². The minimum Gasteiger partial charge on any atom is -0.378 e. The molecule has 160 valence electrons. The molecule has 0 radical (unpaired) electrons. The predicted molar refractivity (Wildman–Crippen MR) is 121 cm³/mol. The van der Waals surface area contributed by atoms with Crippen molar-refractivity contribution in [3.8, 4) is 0 Å². The third-order valence-corrected chi connectivity index (χ3v) is 5.65. The lowest BCUT2D eigenvalue weighted by molar-refractivity contribution is 0.121. The van der Waals surface area contributed by atoms with Crippen LogP contribution in [0.15, 0.2) is 24.3 Å². The van der Waals surface area contributed by atoms with Crippen molar-refractivity contribution in [3.63, 3.8) is 0 Å². The van der Waals surface area contributed by atoms with Gasteiger partial charge in [0.15, 0.2) is 0 Å². The van der Waals surface area contributed by atoms with E-state index in [0.29, 0.717) is 18.5 Å². The van der Waals surface area contributed by atoms with Crippen molar-refractivity contribution in [2.75, 3.05) is 38.3 Å². The number of aromatic nitrogens is 3. The highest BCUT2D eigenvalue weighted by Crippen LogP contribution is 2.19. The standard InChI is InChI=1S/C22H35N5OS/c1-17(2)14-26-21(25-10-12-28-13-11-25)23-27(22(26)29)16-24(5)15-19-6-8-20(9-7-19)18(3)4/h6-9,17-18H,10-16H2,1-5H3. The summed E-state index contributed by atoms with van der Waals surface area (Å²) in [4.78, 5) is 4.55. The Balaban J connectivity index is 1.75. The molecule has 0 amide bonds. The Morgan fingerprint density at radius 2 is 1.76 bits per heavy atom. The van der Waals surface area contributed by atoms with E-state index in [1.807, 2.05) is 4.68 Å². The molecule has 0 aliphatic carbocycles. The van der Waals surface area contributed by atoms with Crippen molar-refractivity contribution >= 4 is 18.2 Å². The van der Waals surface area contributed by atoms with E-state index in [4.69, 9.17) is 22.1 Å². The van der Waals surface area contributed by atoms with Gasteiger partial charge in [0.25, 0.3) is 0 Å². The van der Waals surface area contributed by atoms with Crippen LogP contribution >= 0.6 is 12.2 Å². The van der Waals surface area contributed by atoms with E-state index < -0.39 is 0 Å². The van der Waals surface area contributed by atoms with Crippen LogP contribution in [0.4, 0.5) is 5.95 Å². The summed E-state index contributed by atoms with van der Waals surface area (Å²) in [6.45, 7) is 14.5. The minimum absolute atomic E-state index is 0.511. The Kier molecular flexibility index (Phi) is 7.49. The van der Waals surface area contributed by atoms with Crippen molar-refractivity contribution in [1.82, 2.24) is 19.2 Å². The van der Waals surface area contributed by atoms with E-state index in [9.17, 15) is 0 Å². The molecule has 29 heavy (non-hydrogen) atoms. The molecule has 0 bridgehead atoms. The average molecular weight is 418 g/mol. The number of hydrogen-bond donors (Lipinski definition) is 0. The van der Waals surface area contributed by atoms with Crippen molar-refractivity contribution in [1.29, 1.82) is 0 Å². The largest absolute Gasteiger partial charge is 0.378 e. The van der Waals surface area contributed by atoms with Crippen LogP contribution < -0.4 is 4.90 Å². The highest BCUT2D eigenvalue weighted by atomic mass is 32.1. The lowest BCUT2D eigenvalue weighted by Gasteiger charge is -2.28. The quantitative estimate of drug-likeness (QED) is 0.604. The Morgan fingerprint density at radius 3 is 2.34 bits per heavy atom. The van der Waals surface area contributed by atoms with Gasteiger partial charge in [-0.15, -0.1) is 5.10 Å². The molecule has 1 aliphatic rings. The van der Waals surface area contributed by atoms with Crippen LogP contribution in [0.2, 0.25) is 0 Å². The molecule has 0 unspecified atom stereocenters. The SMILES string of the molecule is CC(C)Cn1c(N2CCOCC2)nn(CN(C)Cc2ccc(C(C)C)cc2)c1=S. The van der Waals surface area contributed by atoms with Crippen LogP contribution in [0, 0.1) is 10.7 Å². The van der Waals surface area contributed by atoms with Crippen LogP contribution in [-0.4, -0.2) is 52.6 Å². The first-order valence-corrected chi connectivity index (χ1v) is 11.0. The van der Waals surface area contributed by atoms with Gasteiger partial charge < -0.3 is 9.64 Å². The van der Waals surface area contributed by atoms with Gasteiger partial charge in [-0.05, 0) is 42.2 Å². The summed E-state index contributed by atoms with van der Waals surface area (Å²) in [7, 11) is 2.12. The zero-order valence-corrected chi connectivity index (χ0v) is 19.3. The molecular formula is C22H35N5OS. The molecule has 1 saturated heterocycles. The number of hydrogen-bond acceptors (Lipinski definition) is 5. The molecule has 7 heteroatoms. The fourth-order valence-electron chi connectivity index (χ4n) is 3.64. The highest BCUT2D eigenvalue weighted by Gasteiger charge is 2.20. The summed E-state index contributed by atoms with van der Waals surface area (Å²) in [5.74, 6) is 2.04. The number of benzene rings is 1. The molecular weight excluding hydrogens is 382 g/mol. The average Bonchev–Trinajstić information content (AvgIpc) is 2.98. The Morgan fingerprint density at radius 1 is 1.10 bits per heavy atom. The first-order chi connectivity index (χ1) is 13.8. The summed E-state index contributed by atoms with van der Waals surface area (Å²) < 4.78 is 10.5. The summed E-state index contributed by atoms with van der Waals surface area (Å²) in [6.07, 6.45) is 0. The maximum atomic E-state index is 5.81. The van der Waals surface area contributed by atoms with E-state index in [0.717, 1.165) is 50.1 Å². The second kappa shape index (κ2) is 9.87. The van der Waals surface area contributed by atoms with Gasteiger partial charge in [0.1, 0.15) is 0 Å². The van der Waals surface area contributed by atoms with Crippen molar-refractivity contribution in [3.05, 3.63) is 40.2 Å². The molecule has 0 N–H and O–H groups in total. The summed E-state index contributed by atoms with van der Waals surface area (Å²) >= 11 is 5.81. The Hall–Kier alpha value is -1.70. The number of nitrogens with zero attached hydrogens (tertiary/aromatic N) is 5. The second-order valence-corrected chi connectivity index (χ2v) is 9.10. The van der Waals surface area contributed by atoms with Crippen LogP contribution in [0.1, 0.15) is 44.7 Å². The summed E-state index contributed by atoms with van der Waals surface area (Å²) in [5.41, 5.74) is 2.68. The van der Waals surface area contributed by atoms with Gasteiger partial charge in [-0.1, -0.05) is 52.0 Å². The van der Waals surface area contributed by atoms with E-state index in [-0.39, 0.29) is 0 Å². The van der Waals surface area contributed by atoms with E-state index in [1.54, 1.807) is 0 Å². The molecule has 2 aromatic rings. The van der Waals surface area contributed by atoms with Gasteiger partial charge in [0, 0.05) is 26.2 Å². The molecule has 0 saturated carbocycles. The number of ether oxygens (including phenoxy) is 1. The zero-order chi connectivity index (χ0) is 21.0. The van der Waals surface area contributed by atoms with Gasteiger partial charge in [-0.2, -0.15) is 0 Å². The number of morpholine rings is 1. The summed E-state index contributed by atoms with van der Waals surface area (Å²) in [5, 5.41) is 4.91. The monoisotopic (exact) mass is 417 g/mol. The number of rotatable bonds is 8. The molecule has 1 aromatic heterocycles. The molecule has 0 spiro atoms. The van der Waals surface area contributed by atoms with E-state index >= 15 is 0 Å². The van der Waals surface area contributed by atoms with Crippen LogP contribution in [0.5, 0.6) is 0 Å². The zero-order valence-electron chi connectivity index (χ0n) is 18.5. The smallest absolute Gasteiger partial charge is 0.226 e. The number of anilines is 1. The molecule has 2 heterocycles. The maximum absolute atomic E-state index is 5.81. The Labute approximate surface area is 180 Å². The molecule has 3 rings (SSSR count). The van der Waals surface area contributed by atoms with Gasteiger partial charge in [-0.3, -0.25) is 9.47 Å². The van der Waals surface area contributed by atoms with Crippen molar-refractivity contribution in [2.24, 2.45) is 5.92 Å². The fourth-order valence-corrected chi connectivity index (χ4v) is 3.90. The third kappa shape index (κ3) is 5.68. The second-order valence-electron chi connectivity index (χ2n) is 8.74. The normalized spacial score (nSPS) is 15.1. The van der Waals surface area contributed by atoms with Crippen LogP contribution in [0.3, 0.4) is 0 Å². The van der Waals surface area contributed by atoms with Gasteiger partial charge in [-0.25, -0.2) is 4.68 Å². The minimum atomic E-state index is 0.511. The lowest BCUT2D eigenvalue weighted by Crippen LogP contribution is -2.38. The van der Waals surface area contributed by atoms with Gasteiger partial charge in [0.2, 0.25) is 10.7 Å². The maximum Gasteiger partial charge on any atom is 0.226 e. The molecule has 1 aliphatic heterocycles. The highest BCUT2D eigenvalue weighted by molar-refractivity contribution is 7.71. The first-order valence-electron chi connectivity index (χ1n) is 10.6. The van der Waals surface area contributed by atoms with Crippen LogP contribution in [-0.2, 0) is 24.5 Å². The lowest BCUT2D eigenvalue weighted by atomic mass is 10.0. The molecule has 1 aromatic carbocycles. The predicted octanol–water partition coefficient (Wildman–Crippen LogP) is 4.12.